The molecule has 0 spiro atoms. The van der Waals surface area contributed by atoms with Crippen LogP contribution in [-0.2, 0) is 9.47 Å². The summed E-state index contributed by atoms with van der Waals surface area (Å²) >= 11 is 0. The summed E-state index contributed by atoms with van der Waals surface area (Å²) < 4.78 is 16.8. The van der Waals surface area contributed by atoms with Gasteiger partial charge in [-0.25, -0.2) is 4.98 Å². The number of ether oxygens (including phenoxy) is 3. The maximum atomic E-state index is 5.99. The zero-order valence-corrected chi connectivity index (χ0v) is 15.2. The molecule has 0 radical (unpaired) electrons. The third kappa shape index (κ3) is 2.87. The van der Waals surface area contributed by atoms with E-state index in [1.165, 1.54) is 6.26 Å². The summed E-state index contributed by atoms with van der Waals surface area (Å²) in [5.41, 5.74) is 2.61. The summed E-state index contributed by atoms with van der Waals surface area (Å²) in [4.78, 5) is 4.72. The molecule has 140 valence electrons. The Morgan fingerprint density at radius 3 is 3.04 bits per heavy atom. The average Bonchev–Trinajstić information content (AvgIpc) is 3.25. The van der Waals surface area contributed by atoms with Gasteiger partial charge >= 0.3 is 0 Å². The summed E-state index contributed by atoms with van der Waals surface area (Å²) in [5.74, 6) is 2.46. The Balaban J connectivity index is 1.49. The number of nitrogens with one attached hydrogen (secondary N) is 2. The van der Waals surface area contributed by atoms with Gasteiger partial charge in [0, 0.05) is 23.0 Å². The number of anilines is 1. The third-order valence-electron chi connectivity index (χ3n) is 4.73. The lowest BCUT2D eigenvalue weighted by Gasteiger charge is -2.20. The molecule has 0 bridgehead atoms. The minimum Gasteiger partial charge on any atom is -0.497 e. The number of aromatic nitrogens is 3. The molecule has 0 saturated heterocycles. The molecule has 0 saturated carbocycles. The van der Waals surface area contributed by atoms with Crippen molar-refractivity contribution in [2.45, 2.75) is 12.8 Å². The van der Waals surface area contributed by atoms with Crippen molar-refractivity contribution in [2.24, 2.45) is 0 Å². The first-order valence-corrected chi connectivity index (χ1v) is 9.00. The summed E-state index contributed by atoms with van der Waals surface area (Å²) in [6.45, 7) is 0. The quantitative estimate of drug-likeness (QED) is 0.700. The number of fused-ring (bicyclic) bond motifs is 3. The van der Waals surface area contributed by atoms with Crippen LogP contribution in [0.2, 0.25) is 0 Å². The van der Waals surface area contributed by atoms with Crippen molar-refractivity contribution < 1.29 is 14.2 Å². The maximum Gasteiger partial charge on any atom is 0.234 e. The van der Waals surface area contributed by atoms with E-state index in [2.05, 4.69) is 21.6 Å². The molecule has 0 amide bonds. The Morgan fingerprint density at radius 2 is 2.18 bits per heavy atom. The van der Waals surface area contributed by atoms with Crippen molar-refractivity contribution in [1.29, 1.82) is 0 Å². The summed E-state index contributed by atoms with van der Waals surface area (Å²) in [6, 6.07) is 5.78. The van der Waals surface area contributed by atoms with Crippen LogP contribution in [0, 0.1) is 0 Å². The SMILES string of the molecule is COc1ccc2c(c1)nc(NC1=COC=C(C3=CC=CCC3)O1)c1n[nH]cc12. The number of rotatable bonds is 4. The van der Waals surface area contributed by atoms with Crippen molar-refractivity contribution in [3.05, 3.63) is 72.4 Å². The van der Waals surface area contributed by atoms with E-state index in [1.807, 2.05) is 36.5 Å². The fourth-order valence-electron chi connectivity index (χ4n) is 3.34. The molecular formula is C21H18N4O3. The van der Waals surface area contributed by atoms with Crippen LogP contribution in [0.5, 0.6) is 5.75 Å². The van der Waals surface area contributed by atoms with Crippen LogP contribution in [-0.4, -0.2) is 22.3 Å². The van der Waals surface area contributed by atoms with Crippen LogP contribution in [0.4, 0.5) is 5.82 Å². The molecule has 0 fully saturated rings. The van der Waals surface area contributed by atoms with Gasteiger partial charge in [0.2, 0.25) is 5.88 Å². The molecule has 2 aromatic heterocycles. The van der Waals surface area contributed by atoms with Crippen molar-refractivity contribution in [2.75, 3.05) is 12.4 Å². The highest BCUT2D eigenvalue weighted by atomic mass is 16.6. The van der Waals surface area contributed by atoms with E-state index in [9.17, 15) is 0 Å². The summed E-state index contributed by atoms with van der Waals surface area (Å²) in [7, 11) is 1.64. The first-order valence-electron chi connectivity index (χ1n) is 9.00. The Bertz CT molecular complexity index is 1190. The third-order valence-corrected chi connectivity index (χ3v) is 4.73. The van der Waals surface area contributed by atoms with Gasteiger partial charge in [0.15, 0.2) is 17.8 Å². The number of methoxy groups -OCH3 is 1. The first kappa shape index (κ1) is 16.4. The number of pyridine rings is 1. The number of hydrogen-bond donors (Lipinski definition) is 2. The number of aromatic amines is 1. The number of nitrogens with zero attached hydrogens (tertiary/aromatic N) is 2. The molecule has 5 rings (SSSR count). The molecule has 7 heteroatoms. The smallest absolute Gasteiger partial charge is 0.234 e. The van der Waals surface area contributed by atoms with E-state index >= 15 is 0 Å². The lowest BCUT2D eigenvalue weighted by atomic mass is 10.0. The van der Waals surface area contributed by atoms with Gasteiger partial charge in [-0.3, -0.25) is 5.10 Å². The number of H-pyrrole nitrogens is 1. The van der Waals surface area contributed by atoms with Gasteiger partial charge in [0.05, 0.1) is 12.6 Å². The van der Waals surface area contributed by atoms with E-state index in [0.717, 1.165) is 46.0 Å². The molecule has 28 heavy (non-hydrogen) atoms. The Hall–Kier alpha value is -3.74. The molecule has 0 atom stereocenters. The Morgan fingerprint density at radius 1 is 1.21 bits per heavy atom. The van der Waals surface area contributed by atoms with Crippen LogP contribution >= 0.6 is 0 Å². The van der Waals surface area contributed by atoms with Gasteiger partial charge in [0.25, 0.3) is 0 Å². The zero-order valence-electron chi connectivity index (χ0n) is 15.2. The molecule has 3 heterocycles. The molecule has 0 unspecified atom stereocenters. The zero-order chi connectivity index (χ0) is 18.9. The number of hydrogen-bond acceptors (Lipinski definition) is 6. The van der Waals surface area contributed by atoms with Gasteiger partial charge < -0.3 is 19.5 Å². The van der Waals surface area contributed by atoms with Gasteiger partial charge in [-0.15, -0.1) is 0 Å². The normalized spacial score (nSPS) is 16.1. The molecule has 1 aliphatic heterocycles. The molecule has 7 nitrogen and oxygen atoms in total. The monoisotopic (exact) mass is 374 g/mol. The summed E-state index contributed by atoms with van der Waals surface area (Å²) in [5, 5.41) is 12.4. The van der Waals surface area contributed by atoms with Gasteiger partial charge in [-0.05, 0) is 30.5 Å². The summed E-state index contributed by atoms with van der Waals surface area (Å²) in [6.07, 6.45) is 13.1. The van der Waals surface area contributed by atoms with Gasteiger partial charge in [-0.2, -0.15) is 5.10 Å². The fraction of sp³-hybridized carbons (Fsp3) is 0.143. The van der Waals surface area contributed by atoms with Crippen molar-refractivity contribution >= 4 is 27.6 Å². The second-order valence-corrected chi connectivity index (χ2v) is 6.48. The lowest BCUT2D eigenvalue weighted by molar-refractivity contribution is 0.233. The van der Waals surface area contributed by atoms with E-state index in [-0.39, 0.29) is 0 Å². The van der Waals surface area contributed by atoms with Crippen LogP contribution in [0.3, 0.4) is 0 Å². The molecule has 1 aliphatic carbocycles. The largest absolute Gasteiger partial charge is 0.497 e. The van der Waals surface area contributed by atoms with Crippen molar-refractivity contribution in [1.82, 2.24) is 15.2 Å². The predicted molar refractivity (Wildman–Crippen MR) is 106 cm³/mol. The number of benzene rings is 1. The van der Waals surface area contributed by atoms with E-state index in [0.29, 0.717) is 17.5 Å². The number of allylic oxidation sites excluding steroid dienone is 4. The van der Waals surface area contributed by atoms with Crippen LogP contribution in [0.25, 0.3) is 21.8 Å². The average molecular weight is 374 g/mol. The molecule has 1 aromatic carbocycles. The fourth-order valence-corrected chi connectivity index (χ4v) is 3.34. The predicted octanol–water partition coefficient (Wildman–Crippen LogP) is 4.50. The van der Waals surface area contributed by atoms with Crippen LogP contribution in [0.1, 0.15) is 12.8 Å². The minimum absolute atomic E-state index is 0.451. The van der Waals surface area contributed by atoms with Gasteiger partial charge in [0.1, 0.15) is 17.5 Å². The molecule has 2 aliphatic rings. The standard InChI is InChI=1S/C21H18N4O3/c1-26-14-7-8-15-16-10-22-25-20(16)21(23-17(15)9-14)24-19-12-27-11-18(28-19)13-5-3-2-4-6-13/h2-3,5,7-12H,4,6H2,1H3,(H,22,25)(H,23,24). The van der Waals surface area contributed by atoms with E-state index in [1.54, 1.807) is 13.4 Å². The van der Waals surface area contributed by atoms with E-state index < -0.39 is 0 Å². The van der Waals surface area contributed by atoms with Crippen LogP contribution in [0.15, 0.2) is 72.4 Å². The Labute approximate surface area is 161 Å². The van der Waals surface area contributed by atoms with Crippen molar-refractivity contribution in [3.63, 3.8) is 0 Å². The molecular weight excluding hydrogens is 356 g/mol. The topological polar surface area (TPSA) is 81.3 Å². The highest BCUT2D eigenvalue weighted by molar-refractivity contribution is 6.08. The maximum absolute atomic E-state index is 5.99. The molecule has 3 aromatic rings. The highest BCUT2D eigenvalue weighted by Crippen LogP contribution is 2.32. The molecule has 2 N–H and O–H groups in total. The van der Waals surface area contributed by atoms with E-state index in [4.69, 9.17) is 19.2 Å². The first-order chi connectivity index (χ1) is 13.8. The lowest BCUT2D eigenvalue weighted by Crippen LogP contribution is -2.11. The second-order valence-electron chi connectivity index (χ2n) is 6.48. The van der Waals surface area contributed by atoms with Gasteiger partial charge in [-0.1, -0.05) is 18.2 Å². The second kappa shape index (κ2) is 6.77. The van der Waals surface area contributed by atoms with Crippen LogP contribution < -0.4 is 10.1 Å². The highest BCUT2D eigenvalue weighted by Gasteiger charge is 2.18. The Kier molecular flexibility index (Phi) is 3.97. The minimum atomic E-state index is 0.451. The van der Waals surface area contributed by atoms with Crippen molar-refractivity contribution in [3.8, 4) is 5.75 Å².